The van der Waals surface area contributed by atoms with E-state index < -0.39 is 12.0 Å². The Kier molecular flexibility index (Phi) is 11.6. The van der Waals surface area contributed by atoms with Crippen LogP contribution in [0.3, 0.4) is 0 Å². The average Bonchev–Trinajstić information content (AvgIpc) is 2.92. The Labute approximate surface area is 241 Å². The molecule has 0 radical (unpaired) electrons. The molecule has 2 aromatic rings. The topological polar surface area (TPSA) is 121 Å². The number of esters is 1. The van der Waals surface area contributed by atoms with Crippen LogP contribution < -0.4 is 20.7 Å². The number of nitrogens with zero attached hydrogens (tertiary/aromatic N) is 1. The molecule has 1 aliphatic heterocycles. The third kappa shape index (κ3) is 10.3. The van der Waals surface area contributed by atoms with Gasteiger partial charge in [0.1, 0.15) is 6.04 Å². The number of aliphatic imine (C=N–C) groups is 1. The molecule has 0 aromatic heterocycles. The number of nitrogens with one attached hydrogen (secondary N) is 4. The second-order valence-corrected chi connectivity index (χ2v) is 11.9. The van der Waals surface area contributed by atoms with E-state index in [4.69, 9.17) is 4.74 Å². The second kappa shape index (κ2) is 14.9. The fourth-order valence-electron chi connectivity index (χ4n) is 3.84. The summed E-state index contributed by atoms with van der Waals surface area (Å²) in [6.07, 6.45) is 1.55. The zero-order valence-corrected chi connectivity index (χ0v) is 24.8. The predicted octanol–water partition coefficient (Wildman–Crippen LogP) is 3.73. The van der Waals surface area contributed by atoms with E-state index in [1.54, 1.807) is 26.0 Å². The lowest BCUT2D eigenvalue weighted by molar-refractivity contribution is -0.149. The number of amides is 2. The number of guanidine groups is 1. The molecule has 0 bridgehead atoms. The second-order valence-electron chi connectivity index (χ2n) is 11.0. The average molecular weight is 568 g/mol. The molecule has 2 aromatic carbocycles. The molecule has 1 heterocycles. The molecule has 0 aliphatic carbocycles. The molecule has 0 saturated carbocycles. The minimum absolute atomic E-state index is 0.0549. The van der Waals surface area contributed by atoms with E-state index in [9.17, 15) is 14.4 Å². The van der Waals surface area contributed by atoms with Gasteiger partial charge in [-0.1, -0.05) is 45.0 Å². The van der Waals surface area contributed by atoms with Gasteiger partial charge in [0.15, 0.2) is 5.96 Å². The third-order valence-corrected chi connectivity index (χ3v) is 7.06. The zero-order chi connectivity index (χ0) is 29.1. The van der Waals surface area contributed by atoms with Gasteiger partial charge < -0.3 is 15.4 Å². The number of ether oxygens (including phenoxy) is 1. The quantitative estimate of drug-likeness (QED) is 0.241. The van der Waals surface area contributed by atoms with Gasteiger partial charge in [0, 0.05) is 36.5 Å². The number of hydrogen-bond acceptors (Lipinski definition) is 8. The lowest BCUT2D eigenvalue weighted by Gasteiger charge is -2.20. The first-order valence-electron chi connectivity index (χ1n) is 13.7. The number of carbonyl (C=O) groups is 3. The number of aryl methyl sites for hydroxylation is 1. The summed E-state index contributed by atoms with van der Waals surface area (Å²) in [5.41, 5.74) is 2.69. The summed E-state index contributed by atoms with van der Waals surface area (Å²) in [5.74, 6) is -0.304. The predicted molar refractivity (Wildman–Crippen MR) is 159 cm³/mol. The summed E-state index contributed by atoms with van der Waals surface area (Å²) in [7, 11) is 0. The Morgan fingerprint density at radius 3 is 2.35 bits per heavy atom. The maximum absolute atomic E-state index is 12.8. The monoisotopic (exact) mass is 567 g/mol. The molecule has 1 unspecified atom stereocenters. The molecule has 1 atom stereocenters. The molecular weight excluding hydrogens is 526 g/mol. The van der Waals surface area contributed by atoms with Gasteiger partial charge in [-0.25, -0.2) is 4.72 Å². The van der Waals surface area contributed by atoms with Crippen molar-refractivity contribution in [2.24, 2.45) is 4.99 Å². The summed E-state index contributed by atoms with van der Waals surface area (Å²) in [6, 6.07) is 14.5. The van der Waals surface area contributed by atoms with Crippen LogP contribution in [0.25, 0.3) is 0 Å². The summed E-state index contributed by atoms with van der Waals surface area (Å²) in [6.45, 7) is 11.6. The Morgan fingerprint density at radius 1 is 1.05 bits per heavy atom. The number of carbonyl (C=O) groups excluding carboxylic acids is 3. The van der Waals surface area contributed by atoms with Crippen molar-refractivity contribution in [2.75, 3.05) is 19.6 Å². The van der Waals surface area contributed by atoms with E-state index in [1.165, 1.54) is 17.5 Å². The van der Waals surface area contributed by atoms with Crippen LogP contribution >= 0.6 is 11.9 Å². The van der Waals surface area contributed by atoms with E-state index in [-0.39, 0.29) is 29.9 Å². The Balaban J connectivity index is 1.51. The van der Waals surface area contributed by atoms with Crippen LogP contribution in [0, 0.1) is 0 Å². The van der Waals surface area contributed by atoms with Crippen molar-refractivity contribution in [1.29, 1.82) is 0 Å². The van der Waals surface area contributed by atoms with Crippen molar-refractivity contribution in [2.45, 2.75) is 76.3 Å². The summed E-state index contributed by atoms with van der Waals surface area (Å²) >= 11 is 1.33. The molecule has 1 aliphatic rings. The largest absolute Gasteiger partial charge is 0.462 e. The van der Waals surface area contributed by atoms with Gasteiger partial charge in [0.25, 0.3) is 5.91 Å². The molecule has 0 spiro atoms. The van der Waals surface area contributed by atoms with Gasteiger partial charge in [-0.2, -0.15) is 0 Å². The minimum Gasteiger partial charge on any atom is -0.462 e. The van der Waals surface area contributed by atoms with E-state index >= 15 is 0 Å². The van der Waals surface area contributed by atoms with Crippen LogP contribution in [0.5, 0.6) is 0 Å². The highest BCUT2D eigenvalue weighted by Gasteiger charge is 2.23. The highest BCUT2D eigenvalue weighted by Crippen LogP contribution is 2.25. The van der Waals surface area contributed by atoms with Crippen LogP contribution in [0.4, 0.5) is 0 Å². The maximum atomic E-state index is 12.8. The van der Waals surface area contributed by atoms with E-state index in [1.807, 2.05) is 24.3 Å². The van der Waals surface area contributed by atoms with Gasteiger partial charge in [-0.15, -0.1) is 0 Å². The molecule has 40 heavy (non-hydrogen) atoms. The van der Waals surface area contributed by atoms with Crippen LogP contribution in [-0.2, 0) is 26.2 Å². The minimum atomic E-state index is -0.736. The van der Waals surface area contributed by atoms with Crippen LogP contribution in [0.2, 0.25) is 0 Å². The van der Waals surface area contributed by atoms with Crippen LogP contribution in [-0.4, -0.2) is 55.5 Å². The third-order valence-electron chi connectivity index (χ3n) is 6.15. The summed E-state index contributed by atoms with van der Waals surface area (Å²) in [5, 5.41) is 8.69. The van der Waals surface area contributed by atoms with Crippen molar-refractivity contribution in [3.05, 3.63) is 65.2 Å². The van der Waals surface area contributed by atoms with Crippen molar-refractivity contribution in [1.82, 2.24) is 20.7 Å². The van der Waals surface area contributed by atoms with Crippen molar-refractivity contribution < 1.29 is 19.1 Å². The van der Waals surface area contributed by atoms with Crippen molar-refractivity contribution in [3.8, 4) is 0 Å². The fraction of sp³-hybridized carbons (Fsp3) is 0.467. The molecule has 2 amide bonds. The molecule has 0 fully saturated rings. The zero-order valence-electron chi connectivity index (χ0n) is 24.0. The first kappa shape index (κ1) is 31.2. The van der Waals surface area contributed by atoms with E-state index in [0.717, 1.165) is 23.4 Å². The molecular formula is C30H41N5O4S. The first-order chi connectivity index (χ1) is 19.0. The van der Waals surface area contributed by atoms with Gasteiger partial charge in [-0.05, 0) is 79.4 Å². The smallest absolute Gasteiger partial charge is 0.326 e. The SMILES string of the molecule is CC(C)OC(=O)C(CNC(=O)c1ccc(CCC(=O)NC2=NCCCN2)cc1)NSc1ccc(C(C)(C)C)cc1. The highest BCUT2D eigenvalue weighted by atomic mass is 32.2. The molecule has 216 valence electrons. The highest BCUT2D eigenvalue weighted by molar-refractivity contribution is 7.97. The molecule has 4 N–H and O–H groups in total. The summed E-state index contributed by atoms with van der Waals surface area (Å²) in [4.78, 5) is 42.9. The van der Waals surface area contributed by atoms with Gasteiger partial charge in [-0.3, -0.25) is 24.7 Å². The van der Waals surface area contributed by atoms with E-state index in [2.05, 4.69) is 58.6 Å². The Morgan fingerprint density at radius 2 is 1.75 bits per heavy atom. The van der Waals surface area contributed by atoms with Gasteiger partial charge in [0.2, 0.25) is 5.91 Å². The molecule has 3 rings (SSSR count). The normalized spacial score (nSPS) is 14.1. The maximum Gasteiger partial charge on any atom is 0.326 e. The van der Waals surface area contributed by atoms with Crippen LogP contribution in [0.15, 0.2) is 58.4 Å². The van der Waals surface area contributed by atoms with Crippen molar-refractivity contribution >= 4 is 35.7 Å². The van der Waals surface area contributed by atoms with Gasteiger partial charge >= 0.3 is 5.97 Å². The molecule has 0 saturated heterocycles. The molecule has 9 nitrogen and oxygen atoms in total. The number of rotatable bonds is 11. The van der Waals surface area contributed by atoms with E-state index in [0.29, 0.717) is 30.9 Å². The Bertz CT molecular complexity index is 1170. The lowest BCUT2D eigenvalue weighted by Crippen LogP contribution is -2.45. The lowest BCUT2D eigenvalue weighted by atomic mass is 9.87. The number of benzene rings is 2. The molecule has 10 heteroatoms. The Hall–Kier alpha value is -3.37. The standard InChI is InChI=1S/C30H41N5O4S/c1-20(2)39-28(38)25(35-40-24-14-12-23(13-15-24)30(3,4)5)19-33-27(37)22-10-7-21(8-11-22)9-16-26(36)34-29-31-17-6-18-32-29/h7-8,10-15,20,25,35H,6,9,16-19H2,1-5H3,(H,33,37)(H2,31,32,34,36). The van der Waals surface area contributed by atoms with Gasteiger partial charge in [0.05, 0.1) is 6.10 Å². The number of hydrogen-bond donors (Lipinski definition) is 4. The first-order valence-corrected chi connectivity index (χ1v) is 14.5. The van der Waals surface area contributed by atoms with Crippen molar-refractivity contribution in [3.63, 3.8) is 0 Å². The van der Waals surface area contributed by atoms with Crippen LogP contribution in [0.1, 0.15) is 68.9 Å². The fourth-order valence-corrected chi connectivity index (χ4v) is 4.57. The summed E-state index contributed by atoms with van der Waals surface area (Å²) < 4.78 is 8.55.